The molecule has 0 spiro atoms. The molecule has 0 aromatic carbocycles. The van der Waals surface area contributed by atoms with E-state index < -0.39 is 12.1 Å². The molecule has 3 atom stereocenters. The summed E-state index contributed by atoms with van der Waals surface area (Å²) in [6, 6.07) is 5.87. The van der Waals surface area contributed by atoms with Crippen molar-refractivity contribution in [3.8, 4) is 0 Å². The van der Waals surface area contributed by atoms with Crippen LogP contribution in [-0.4, -0.2) is 65.5 Å². The molecule has 1 aromatic rings. The van der Waals surface area contributed by atoms with Gasteiger partial charge in [0.25, 0.3) is 0 Å². The highest BCUT2D eigenvalue weighted by Gasteiger charge is 2.45. The number of fused-ring (bicyclic) bond motifs is 1. The number of aliphatic carboxylic acids is 1. The summed E-state index contributed by atoms with van der Waals surface area (Å²) >= 11 is 0. The molecule has 1 aliphatic carbocycles. The van der Waals surface area contributed by atoms with E-state index in [9.17, 15) is 18.0 Å². The van der Waals surface area contributed by atoms with Crippen molar-refractivity contribution in [3.05, 3.63) is 30.1 Å². The van der Waals surface area contributed by atoms with E-state index in [1.807, 2.05) is 23.1 Å². The van der Waals surface area contributed by atoms with E-state index in [2.05, 4.69) is 4.98 Å². The second kappa shape index (κ2) is 10.4. The van der Waals surface area contributed by atoms with Crippen molar-refractivity contribution in [2.45, 2.75) is 44.6 Å². The molecule has 1 saturated carbocycles. The lowest BCUT2D eigenvalue weighted by atomic mass is 9.91. The number of pyridine rings is 1. The van der Waals surface area contributed by atoms with Gasteiger partial charge < -0.3 is 19.5 Å². The van der Waals surface area contributed by atoms with Crippen molar-refractivity contribution in [2.75, 3.05) is 26.3 Å². The normalized spacial score (nSPS) is 25.0. The lowest BCUT2D eigenvalue weighted by molar-refractivity contribution is -0.192. The summed E-state index contributed by atoms with van der Waals surface area (Å²) in [6.45, 7) is 3.77. The minimum Gasteiger partial charge on any atom is -0.475 e. The molecular formula is C21H27F3N2O5. The number of rotatable bonds is 7. The van der Waals surface area contributed by atoms with Crippen molar-refractivity contribution in [2.24, 2.45) is 17.8 Å². The van der Waals surface area contributed by atoms with Gasteiger partial charge in [-0.3, -0.25) is 9.78 Å². The molecular weight excluding hydrogens is 417 g/mol. The Balaban J connectivity index is 0.000000339. The number of carboxylic acids is 1. The number of alkyl halides is 3. The monoisotopic (exact) mass is 444 g/mol. The number of carbonyl (C=O) groups is 2. The van der Waals surface area contributed by atoms with Gasteiger partial charge in [0.15, 0.2) is 0 Å². The second-order valence-electron chi connectivity index (χ2n) is 8.21. The van der Waals surface area contributed by atoms with Gasteiger partial charge in [-0.05, 0) is 43.2 Å². The fourth-order valence-electron chi connectivity index (χ4n) is 3.89. The molecule has 4 rings (SSSR count). The molecule has 172 valence electrons. The van der Waals surface area contributed by atoms with Crippen LogP contribution < -0.4 is 0 Å². The highest BCUT2D eigenvalue weighted by Crippen LogP contribution is 2.38. The van der Waals surface area contributed by atoms with Gasteiger partial charge in [0.1, 0.15) is 0 Å². The maximum absolute atomic E-state index is 12.3. The average Bonchev–Trinajstić information content (AvgIpc) is 3.30. The number of aromatic nitrogens is 1. The molecule has 31 heavy (non-hydrogen) atoms. The average molecular weight is 444 g/mol. The Hall–Kier alpha value is -2.20. The van der Waals surface area contributed by atoms with Crippen LogP contribution in [-0.2, 0) is 25.7 Å². The van der Waals surface area contributed by atoms with Crippen LogP contribution in [0.3, 0.4) is 0 Å². The quantitative estimate of drug-likeness (QED) is 0.651. The first-order valence-corrected chi connectivity index (χ1v) is 10.4. The van der Waals surface area contributed by atoms with Crippen LogP contribution in [0.1, 0.15) is 31.4 Å². The standard InChI is InChI=1S/C19H26N2O3.C2HF3O2/c22-19(9-14-4-5-14)21-10-17-15(12-24-18(17)11-21)6-8-23-13-16-3-1-2-7-20-16;3-2(4,5)1(6)7/h1-3,7,14-15,17-18H,4-6,8-13H2;(H,6,7)/t15-,17-,18-;/m0./s1. The van der Waals surface area contributed by atoms with E-state index >= 15 is 0 Å². The number of ether oxygens (including phenoxy) is 2. The summed E-state index contributed by atoms with van der Waals surface area (Å²) in [4.78, 5) is 27.5. The number of nitrogens with zero attached hydrogens (tertiary/aromatic N) is 2. The Labute approximate surface area is 178 Å². The summed E-state index contributed by atoms with van der Waals surface area (Å²) < 4.78 is 43.4. The Morgan fingerprint density at radius 2 is 2.00 bits per heavy atom. The number of halogens is 3. The first-order valence-electron chi connectivity index (χ1n) is 10.4. The van der Waals surface area contributed by atoms with Gasteiger partial charge in [-0.1, -0.05) is 6.07 Å². The Morgan fingerprint density at radius 3 is 2.61 bits per heavy atom. The van der Waals surface area contributed by atoms with Crippen molar-refractivity contribution in [3.63, 3.8) is 0 Å². The Kier molecular flexibility index (Phi) is 7.88. The maximum Gasteiger partial charge on any atom is 0.490 e. The third-order valence-electron chi connectivity index (χ3n) is 5.80. The van der Waals surface area contributed by atoms with E-state index in [-0.39, 0.29) is 6.10 Å². The van der Waals surface area contributed by atoms with Crippen molar-refractivity contribution < 1.29 is 37.3 Å². The molecule has 0 unspecified atom stereocenters. The second-order valence-corrected chi connectivity index (χ2v) is 8.21. The molecule has 2 aliphatic heterocycles. The lowest BCUT2D eigenvalue weighted by Gasteiger charge is -2.20. The van der Waals surface area contributed by atoms with Gasteiger partial charge in [-0.25, -0.2) is 4.79 Å². The van der Waals surface area contributed by atoms with E-state index in [1.165, 1.54) is 12.8 Å². The summed E-state index contributed by atoms with van der Waals surface area (Å²) in [6.07, 6.45) is 1.17. The largest absolute Gasteiger partial charge is 0.490 e. The molecule has 3 aliphatic rings. The maximum atomic E-state index is 12.3. The molecule has 0 radical (unpaired) electrons. The van der Waals surface area contributed by atoms with E-state index in [0.717, 1.165) is 44.8 Å². The zero-order valence-electron chi connectivity index (χ0n) is 17.1. The van der Waals surface area contributed by atoms with Gasteiger partial charge in [0, 0.05) is 38.2 Å². The molecule has 1 amide bonds. The van der Waals surface area contributed by atoms with E-state index in [1.54, 1.807) is 6.20 Å². The smallest absolute Gasteiger partial charge is 0.475 e. The van der Waals surface area contributed by atoms with Crippen LogP contribution >= 0.6 is 0 Å². The van der Waals surface area contributed by atoms with E-state index in [4.69, 9.17) is 19.4 Å². The predicted molar refractivity (Wildman–Crippen MR) is 103 cm³/mol. The molecule has 1 N–H and O–H groups in total. The lowest BCUT2D eigenvalue weighted by Crippen LogP contribution is -2.31. The molecule has 3 fully saturated rings. The first-order chi connectivity index (χ1) is 14.7. The summed E-state index contributed by atoms with van der Waals surface area (Å²) in [5, 5.41) is 7.12. The molecule has 10 heteroatoms. The number of carboxylic acid groups (broad SMARTS) is 1. The predicted octanol–water partition coefficient (Wildman–Crippen LogP) is 2.90. The highest BCUT2D eigenvalue weighted by molar-refractivity contribution is 5.77. The number of hydrogen-bond donors (Lipinski definition) is 1. The fraction of sp³-hybridized carbons (Fsp3) is 0.667. The third-order valence-corrected chi connectivity index (χ3v) is 5.80. The first kappa shape index (κ1) is 23.5. The minimum atomic E-state index is -5.08. The van der Waals surface area contributed by atoms with E-state index in [0.29, 0.717) is 30.3 Å². The number of hydrogen-bond acceptors (Lipinski definition) is 5. The van der Waals surface area contributed by atoms with Gasteiger partial charge >= 0.3 is 12.1 Å². The van der Waals surface area contributed by atoms with Gasteiger partial charge in [-0.2, -0.15) is 13.2 Å². The Morgan fingerprint density at radius 1 is 1.26 bits per heavy atom. The number of likely N-dealkylation sites (tertiary alicyclic amines) is 1. The summed E-state index contributed by atoms with van der Waals surface area (Å²) in [5.74, 6) is -0.758. The molecule has 7 nitrogen and oxygen atoms in total. The van der Waals surface area contributed by atoms with Gasteiger partial charge in [0.2, 0.25) is 5.91 Å². The van der Waals surface area contributed by atoms with Crippen molar-refractivity contribution in [1.82, 2.24) is 9.88 Å². The highest BCUT2D eigenvalue weighted by atomic mass is 19.4. The molecule has 1 aromatic heterocycles. The van der Waals surface area contributed by atoms with Crippen LogP contribution in [0.4, 0.5) is 13.2 Å². The Bertz CT molecular complexity index is 742. The fourth-order valence-corrected chi connectivity index (χ4v) is 3.89. The third kappa shape index (κ3) is 7.17. The SMILES string of the molecule is O=C(CC1CC1)N1C[C@H]2[C@@H](CCOCc3ccccn3)CO[C@H]2C1.O=C(O)C(F)(F)F. The zero-order valence-corrected chi connectivity index (χ0v) is 17.1. The number of amides is 1. The molecule has 2 saturated heterocycles. The zero-order chi connectivity index (χ0) is 22.4. The van der Waals surface area contributed by atoms with Crippen LogP contribution in [0.25, 0.3) is 0 Å². The van der Waals surface area contributed by atoms with Gasteiger partial charge in [-0.15, -0.1) is 0 Å². The van der Waals surface area contributed by atoms with Crippen LogP contribution in [0.2, 0.25) is 0 Å². The van der Waals surface area contributed by atoms with Crippen LogP contribution in [0.15, 0.2) is 24.4 Å². The summed E-state index contributed by atoms with van der Waals surface area (Å²) in [5.41, 5.74) is 0.968. The van der Waals surface area contributed by atoms with Gasteiger partial charge in [0.05, 0.1) is 25.0 Å². The number of carbonyl (C=O) groups excluding carboxylic acids is 1. The van der Waals surface area contributed by atoms with Crippen molar-refractivity contribution in [1.29, 1.82) is 0 Å². The summed E-state index contributed by atoms with van der Waals surface area (Å²) in [7, 11) is 0. The minimum absolute atomic E-state index is 0.244. The molecule has 0 bridgehead atoms. The molecule has 3 heterocycles. The van der Waals surface area contributed by atoms with Crippen LogP contribution in [0.5, 0.6) is 0 Å². The van der Waals surface area contributed by atoms with Crippen LogP contribution in [0, 0.1) is 17.8 Å². The topological polar surface area (TPSA) is 89.0 Å². The van der Waals surface area contributed by atoms with Crippen molar-refractivity contribution >= 4 is 11.9 Å².